The molecule has 1 saturated heterocycles. The molecule has 0 amide bonds. The fourth-order valence-electron chi connectivity index (χ4n) is 4.83. The lowest BCUT2D eigenvalue weighted by Gasteiger charge is -2.13. The summed E-state index contributed by atoms with van der Waals surface area (Å²) in [4.78, 5) is 10.1. The smallest absolute Gasteiger partial charge is 0.406 e. The Hall–Kier alpha value is -4.09. The Bertz CT molecular complexity index is 1560. The van der Waals surface area contributed by atoms with Crippen molar-refractivity contribution in [2.75, 3.05) is 25.1 Å². The third-order valence-corrected chi connectivity index (χ3v) is 7.20. The van der Waals surface area contributed by atoms with E-state index in [2.05, 4.69) is 52.2 Å². The minimum atomic E-state index is -4.76. The van der Waals surface area contributed by atoms with Crippen molar-refractivity contribution in [3.05, 3.63) is 89.5 Å². The van der Waals surface area contributed by atoms with Crippen molar-refractivity contribution in [3.8, 4) is 22.8 Å². The first-order valence-corrected chi connectivity index (χ1v) is 14.4. The third kappa shape index (κ3) is 8.26. The molecular weight excluding hydrogens is 575 g/mol. The van der Waals surface area contributed by atoms with Crippen LogP contribution in [-0.2, 0) is 11.2 Å². The van der Waals surface area contributed by atoms with Gasteiger partial charge in [-0.15, -0.1) is 18.3 Å². The Morgan fingerprint density at radius 2 is 1.86 bits per heavy atom. The zero-order valence-corrected chi connectivity index (χ0v) is 24.7. The molecule has 1 unspecified atom stereocenters. The van der Waals surface area contributed by atoms with Crippen LogP contribution < -0.4 is 10.1 Å². The number of benzene rings is 3. The van der Waals surface area contributed by atoms with E-state index in [1.54, 1.807) is 10.9 Å². The Morgan fingerprint density at radius 3 is 2.53 bits per heavy atom. The van der Waals surface area contributed by atoms with Crippen molar-refractivity contribution >= 4 is 29.2 Å². The largest absolute Gasteiger partial charge is 0.573 e. The SMILES string of the molecule is CC(C)c1ccccc1CC(=S)CN=Cc1ccc(-c2nc(NC3CCOC3)n(-c3ccc(OC(F)(F)F)cc3)n2)cc1. The summed E-state index contributed by atoms with van der Waals surface area (Å²) in [5.74, 6) is 1.05. The molecule has 0 bridgehead atoms. The summed E-state index contributed by atoms with van der Waals surface area (Å²) in [5.41, 5.74) is 4.77. The predicted molar refractivity (Wildman–Crippen MR) is 166 cm³/mol. The van der Waals surface area contributed by atoms with E-state index in [-0.39, 0.29) is 11.8 Å². The Morgan fingerprint density at radius 1 is 1.12 bits per heavy atom. The van der Waals surface area contributed by atoms with E-state index < -0.39 is 6.36 Å². The number of hydrogen-bond acceptors (Lipinski definition) is 7. The highest BCUT2D eigenvalue weighted by atomic mass is 32.1. The van der Waals surface area contributed by atoms with Gasteiger partial charge in [-0.3, -0.25) is 4.99 Å². The molecule has 0 saturated carbocycles. The van der Waals surface area contributed by atoms with Crippen LogP contribution in [0.25, 0.3) is 17.1 Å². The molecule has 0 spiro atoms. The summed E-state index contributed by atoms with van der Waals surface area (Å²) in [7, 11) is 0. The van der Waals surface area contributed by atoms with Gasteiger partial charge in [0, 0.05) is 29.7 Å². The van der Waals surface area contributed by atoms with E-state index in [0.29, 0.717) is 43.1 Å². The summed E-state index contributed by atoms with van der Waals surface area (Å²) in [6.07, 6.45) is -1.44. The van der Waals surface area contributed by atoms with Crippen LogP contribution in [0, 0.1) is 0 Å². The summed E-state index contributed by atoms with van der Waals surface area (Å²) in [6.45, 7) is 5.99. The van der Waals surface area contributed by atoms with Crippen LogP contribution in [0.2, 0.25) is 0 Å². The number of aliphatic imine (C=N–C) groups is 1. The molecule has 7 nitrogen and oxygen atoms in total. The number of rotatable bonds is 11. The van der Waals surface area contributed by atoms with Gasteiger partial charge >= 0.3 is 6.36 Å². The van der Waals surface area contributed by atoms with Crippen molar-refractivity contribution in [2.24, 2.45) is 4.99 Å². The number of ether oxygens (including phenoxy) is 2. The molecule has 5 rings (SSSR count). The second-order valence-electron chi connectivity index (χ2n) is 10.6. The van der Waals surface area contributed by atoms with Crippen LogP contribution in [0.5, 0.6) is 5.75 Å². The van der Waals surface area contributed by atoms with E-state index in [1.165, 1.54) is 35.4 Å². The maximum atomic E-state index is 12.6. The highest BCUT2D eigenvalue weighted by Gasteiger charge is 2.31. The maximum absolute atomic E-state index is 12.6. The summed E-state index contributed by atoms with van der Waals surface area (Å²) in [6, 6.07) is 21.6. The number of aromatic nitrogens is 3. The minimum Gasteiger partial charge on any atom is -0.406 e. The second kappa shape index (κ2) is 13.5. The van der Waals surface area contributed by atoms with Crippen LogP contribution in [0.4, 0.5) is 19.1 Å². The first-order valence-electron chi connectivity index (χ1n) is 14.0. The van der Waals surface area contributed by atoms with Gasteiger partial charge in [0.2, 0.25) is 5.95 Å². The third-order valence-electron chi connectivity index (χ3n) is 6.93. The molecule has 1 fully saturated rings. The van der Waals surface area contributed by atoms with Gasteiger partial charge in [-0.25, -0.2) is 0 Å². The van der Waals surface area contributed by atoms with E-state index in [1.807, 2.05) is 30.3 Å². The fourth-order valence-corrected chi connectivity index (χ4v) is 5.06. The van der Waals surface area contributed by atoms with Crippen molar-refractivity contribution in [2.45, 2.75) is 45.0 Å². The van der Waals surface area contributed by atoms with Crippen LogP contribution in [-0.4, -0.2) is 58.0 Å². The van der Waals surface area contributed by atoms with Crippen molar-refractivity contribution in [3.63, 3.8) is 0 Å². The number of nitrogens with zero attached hydrogens (tertiary/aromatic N) is 4. The van der Waals surface area contributed by atoms with Crippen LogP contribution in [0.15, 0.2) is 77.8 Å². The topological polar surface area (TPSA) is 73.6 Å². The van der Waals surface area contributed by atoms with E-state index >= 15 is 0 Å². The number of thiocarbonyl (C=S) groups is 1. The molecule has 2 heterocycles. The minimum absolute atomic E-state index is 0.0483. The van der Waals surface area contributed by atoms with Gasteiger partial charge in [0.25, 0.3) is 0 Å². The van der Waals surface area contributed by atoms with E-state index in [0.717, 1.165) is 28.8 Å². The molecule has 43 heavy (non-hydrogen) atoms. The lowest BCUT2D eigenvalue weighted by molar-refractivity contribution is -0.274. The zero-order valence-electron chi connectivity index (χ0n) is 23.8. The highest BCUT2D eigenvalue weighted by molar-refractivity contribution is 7.80. The molecule has 1 aliphatic heterocycles. The normalized spacial score (nSPS) is 15.3. The Kier molecular flexibility index (Phi) is 9.52. The first-order chi connectivity index (χ1) is 20.6. The second-order valence-corrected chi connectivity index (χ2v) is 11.2. The number of anilines is 1. The number of hydrogen-bond donors (Lipinski definition) is 1. The van der Waals surface area contributed by atoms with Gasteiger partial charge in [-0.2, -0.15) is 9.67 Å². The quantitative estimate of drug-likeness (QED) is 0.144. The maximum Gasteiger partial charge on any atom is 0.573 e. The number of alkyl halides is 3. The standard InChI is InChI=1S/C32H32F3N5O2S/c1-21(2)29-6-4-3-5-24(29)17-28(43)19-36-18-22-7-9-23(10-8-22)30-38-31(37-25-15-16-41-20-25)40(39-30)26-11-13-27(14-12-26)42-32(33,34)35/h3-14,18,21,25H,15-17,19-20H2,1-2H3,(H,37,38,39). The molecule has 1 aliphatic rings. The van der Waals surface area contributed by atoms with Crippen LogP contribution in [0.1, 0.15) is 42.9 Å². The van der Waals surface area contributed by atoms with Crippen molar-refractivity contribution in [1.29, 1.82) is 0 Å². The molecule has 0 radical (unpaired) electrons. The summed E-state index contributed by atoms with van der Waals surface area (Å²) < 4.78 is 48.9. The van der Waals surface area contributed by atoms with E-state index in [9.17, 15) is 13.2 Å². The highest BCUT2D eigenvalue weighted by Crippen LogP contribution is 2.27. The zero-order chi connectivity index (χ0) is 30.4. The number of halogens is 3. The molecule has 1 atom stereocenters. The molecule has 0 aliphatic carbocycles. The monoisotopic (exact) mass is 607 g/mol. The number of nitrogens with one attached hydrogen (secondary N) is 1. The molecular formula is C32H32F3N5O2S. The molecule has 3 aromatic carbocycles. The molecule has 1 aromatic heterocycles. The lowest BCUT2D eigenvalue weighted by Crippen LogP contribution is -2.21. The van der Waals surface area contributed by atoms with Crippen LogP contribution >= 0.6 is 12.2 Å². The van der Waals surface area contributed by atoms with Gasteiger partial charge in [0.15, 0.2) is 5.82 Å². The first kappa shape index (κ1) is 30.4. The van der Waals surface area contributed by atoms with Gasteiger partial charge in [-0.1, -0.05) is 74.6 Å². The lowest BCUT2D eigenvalue weighted by atomic mass is 9.94. The molecule has 1 N–H and O–H groups in total. The van der Waals surface area contributed by atoms with Gasteiger partial charge in [0.1, 0.15) is 5.75 Å². The Balaban J connectivity index is 1.28. The molecule has 224 valence electrons. The molecule has 4 aromatic rings. The van der Waals surface area contributed by atoms with Gasteiger partial charge < -0.3 is 14.8 Å². The predicted octanol–water partition coefficient (Wildman–Crippen LogP) is 7.19. The summed E-state index contributed by atoms with van der Waals surface area (Å²) in [5, 5.41) is 8.01. The van der Waals surface area contributed by atoms with E-state index in [4.69, 9.17) is 21.9 Å². The average molecular weight is 608 g/mol. The van der Waals surface area contributed by atoms with Crippen LogP contribution in [0.3, 0.4) is 0 Å². The summed E-state index contributed by atoms with van der Waals surface area (Å²) >= 11 is 5.62. The van der Waals surface area contributed by atoms with Gasteiger partial charge in [-0.05, 0) is 53.3 Å². The molecule has 11 heteroatoms. The van der Waals surface area contributed by atoms with Crippen molar-refractivity contribution < 1.29 is 22.6 Å². The fraction of sp³-hybridized carbons (Fsp3) is 0.312. The van der Waals surface area contributed by atoms with Gasteiger partial charge in [0.05, 0.1) is 24.9 Å². The Labute approximate surface area is 253 Å². The van der Waals surface area contributed by atoms with Crippen molar-refractivity contribution in [1.82, 2.24) is 14.8 Å². The average Bonchev–Trinajstić information content (AvgIpc) is 3.64.